The number of hydrogen-bond acceptors (Lipinski definition) is 3. The molecular weight excluding hydrogens is 186 g/mol. The topological polar surface area (TPSA) is 39.1 Å². The molecule has 1 N–H and O–H groups in total. The Morgan fingerprint density at radius 2 is 2.27 bits per heavy atom. The van der Waals surface area contributed by atoms with Gasteiger partial charge < -0.3 is 5.32 Å². The summed E-state index contributed by atoms with van der Waals surface area (Å²) in [5.41, 5.74) is 0. The van der Waals surface area contributed by atoms with E-state index in [-0.39, 0.29) is 0 Å². The minimum Gasteiger partial charge on any atom is -0.313 e. The molecule has 0 bridgehead atoms. The first-order valence-corrected chi connectivity index (χ1v) is 6.17. The molecule has 2 unspecified atom stereocenters. The third-order valence-electron chi connectivity index (χ3n) is 3.56. The van der Waals surface area contributed by atoms with Crippen LogP contribution in [-0.2, 0) is 0 Å². The van der Waals surface area contributed by atoms with Gasteiger partial charge in [-0.2, -0.15) is 5.26 Å². The fraction of sp³-hybridized carbons (Fsp3) is 0.917. The molecule has 1 saturated heterocycles. The van der Waals surface area contributed by atoms with E-state index in [1.165, 1.54) is 32.2 Å². The Morgan fingerprint density at radius 3 is 2.80 bits per heavy atom. The molecule has 0 spiro atoms. The zero-order valence-corrected chi connectivity index (χ0v) is 9.58. The van der Waals surface area contributed by atoms with Gasteiger partial charge in [0.2, 0.25) is 0 Å². The van der Waals surface area contributed by atoms with Crippen molar-refractivity contribution in [3.05, 3.63) is 0 Å². The van der Waals surface area contributed by atoms with Gasteiger partial charge in [0.05, 0.1) is 12.5 Å². The zero-order valence-electron chi connectivity index (χ0n) is 9.58. The second kappa shape index (κ2) is 4.96. The molecule has 1 heterocycles. The summed E-state index contributed by atoms with van der Waals surface area (Å²) in [5.74, 6) is 0. The minimum absolute atomic E-state index is 0.435. The molecule has 2 fully saturated rings. The third-order valence-corrected chi connectivity index (χ3v) is 3.56. The van der Waals surface area contributed by atoms with Crippen LogP contribution in [0.3, 0.4) is 0 Å². The predicted molar refractivity (Wildman–Crippen MR) is 60.4 cm³/mol. The van der Waals surface area contributed by atoms with Crippen molar-refractivity contribution >= 4 is 0 Å². The number of rotatable bonds is 5. The minimum atomic E-state index is 0.435. The molecule has 3 nitrogen and oxygen atoms in total. The van der Waals surface area contributed by atoms with Gasteiger partial charge in [0, 0.05) is 24.7 Å². The van der Waals surface area contributed by atoms with E-state index in [2.05, 4.69) is 23.2 Å². The first-order chi connectivity index (χ1) is 7.31. The largest absolute Gasteiger partial charge is 0.313 e. The zero-order chi connectivity index (χ0) is 10.7. The van der Waals surface area contributed by atoms with E-state index in [9.17, 15) is 0 Å². The Balaban J connectivity index is 1.85. The summed E-state index contributed by atoms with van der Waals surface area (Å²) in [7, 11) is 0. The van der Waals surface area contributed by atoms with Crippen LogP contribution in [0.2, 0.25) is 0 Å². The van der Waals surface area contributed by atoms with Crippen LogP contribution in [-0.4, -0.2) is 36.1 Å². The van der Waals surface area contributed by atoms with Crippen molar-refractivity contribution in [3.8, 4) is 6.07 Å². The van der Waals surface area contributed by atoms with Gasteiger partial charge in [0.25, 0.3) is 0 Å². The molecule has 3 heteroatoms. The van der Waals surface area contributed by atoms with E-state index in [4.69, 9.17) is 5.26 Å². The Bertz CT molecular complexity index is 236. The summed E-state index contributed by atoms with van der Waals surface area (Å²) in [6.07, 6.45) is 5.96. The SMILES string of the molecule is CC(CC#N)N(CC1CCCN1)C1CC1. The lowest BCUT2D eigenvalue weighted by Crippen LogP contribution is -2.43. The van der Waals surface area contributed by atoms with Gasteiger partial charge in [-0.15, -0.1) is 0 Å². The van der Waals surface area contributed by atoms with Crippen molar-refractivity contribution in [3.63, 3.8) is 0 Å². The second-order valence-corrected chi connectivity index (χ2v) is 4.93. The average molecular weight is 207 g/mol. The molecule has 2 aliphatic rings. The molecule has 0 aromatic rings. The molecular formula is C12H21N3. The fourth-order valence-corrected chi connectivity index (χ4v) is 2.51. The lowest BCUT2D eigenvalue weighted by atomic mass is 10.1. The van der Waals surface area contributed by atoms with Crippen LogP contribution in [0.4, 0.5) is 0 Å². The van der Waals surface area contributed by atoms with Crippen molar-refractivity contribution in [1.29, 1.82) is 5.26 Å². The van der Waals surface area contributed by atoms with Crippen LogP contribution >= 0.6 is 0 Å². The summed E-state index contributed by atoms with van der Waals surface area (Å²) in [5, 5.41) is 12.3. The predicted octanol–water partition coefficient (Wildman–Crippen LogP) is 1.50. The fourth-order valence-electron chi connectivity index (χ4n) is 2.51. The number of nitrogens with zero attached hydrogens (tertiary/aromatic N) is 2. The molecule has 1 aliphatic heterocycles. The Labute approximate surface area is 92.4 Å². The molecule has 0 amide bonds. The van der Waals surface area contributed by atoms with Gasteiger partial charge in [-0.1, -0.05) is 0 Å². The average Bonchev–Trinajstić information content (AvgIpc) is 2.93. The number of nitriles is 1. The van der Waals surface area contributed by atoms with Gasteiger partial charge in [-0.25, -0.2) is 0 Å². The van der Waals surface area contributed by atoms with Crippen molar-refractivity contribution < 1.29 is 0 Å². The third kappa shape index (κ3) is 2.93. The number of nitrogens with one attached hydrogen (secondary N) is 1. The van der Waals surface area contributed by atoms with E-state index in [0.29, 0.717) is 18.5 Å². The Kier molecular flexibility index (Phi) is 3.61. The van der Waals surface area contributed by atoms with Gasteiger partial charge >= 0.3 is 0 Å². The smallest absolute Gasteiger partial charge is 0.0638 e. The van der Waals surface area contributed by atoms with Crippen molar-refractivity contribution in [1.82, 2.24) is 10.2 Å². The standard InChI is InChI=1S/C12H21N3/c1-10(6-7-13)15(12-4-5-12)9-11-3-2-8-14-11/h10-12,14H,2-6,8-9H2,1H3. The first kappa shape index (κ1) is 10.9. The molecule has 2 rings (SSSR count). The lowest BCUT2D eigenvalue weighted by Gasteiger charge is -2.30. The van der Waals surface area contributed by atoms with Crippen LogP contribution in [0.5, 0.6) is 0 Å². The van der Waals surface area contributed by atoms with Crippen molar-refractivity contribution in [2.24, 2.45) is 0 Å². The highest BCUT2D eigenvalue weighted by Gasteiger charge is 2.33. The summed E-state index contributed by atoms with van der Waals surface area (Å²) >= 11 is 0. The van der Waals surface area contributed by atoms with E-state index in [0.717, 1.165) is 12.6 Å². The van der Waals surface area contributed by atoms with Crippen molar-refractivity contribution in [2.45, 2.75) is 57.2 Å². The van der Waals surface area contributed by atoms with Gasteiger partial charge in [0.1, 0.15) is 0 Å². The summed E-state index contributed by atoms with van der Waals surface area (Å²) in [6.45, 7) is 4.51. The molecule has 2 atom stereocenters. The Hall–Kier alpha value is -0.590. The molecule has 0 aromatic heterocycles. The van der Waals surface area contributed by atoms with Crippen LogP contribution < -0.4 is 5.32 Å². The summed E-state index contributed by atoms with van der Waals surface area (Å²) in [6, 6.07) is 4.18. The van der Waals surface area contributed by atoms with E-state index in [1.54, 1.807) is 0 Å². The number of hydrogen-bond donors (Lipinski definition) is 1. The lowest BCUT2D eigenvalue weighted by molar-refractivity contribution is 0.183. The van der Waals surface area contributed by atoms with Gasteiger partial charge in [-0.3, -0.25) is 4.90 Å². The summed E-state index contributed by atoms with van der Waals surface area (Å²) in [4.78, 5) is 2.55. The maximum absolute atomic E-state index is 8.76. The van der Waals surface area contributed by atoms with E-state index in [1.807, 2.05) is 0 Å². The molecule has 0 radical (unpaired) electrons. The first-order valence-electron chi connectivity index (χ1n) is 6.17. The molecule has 1 saturated carbocycles. The molecule has 0 aromatic carbocycles. The van der Waals surface area contributed by atoms with Crippen LogP contribution in [0.25, 0.3) is 0 Å². The molecule has 1 aliphatic carbocycles. The maximum Gasteiger partial charge on any atom is 0.0638 e. The normalized spacial score (nSPS) is 27.9. The molecule has 84 valence electrons. The van der Waals surface area contributed by atoms with Crippen molar-refractivity contribution in [2.75, 3.05) is 13.1 Å². The van der Waals surface area contributed by atoms with E-state index >= 15 is 0 Å². The highest BCUT2D eigenvalue weighted by molar-refractivity contribution is 4.93. The highest BCUT2D eigenvalue weighted by atomic mass is 15.2. The Morgan fingerprint density at radius 1 is 1.47 bits per heavy atom. The van der Waals surface area contributed by atoms with Crippen LogP contribution in [0.1, 0.15) is 39.0 Å². The van der Waals surface area contributed by atoms with Crippen LogP contribution in [0.15, 0.2) is 0 Å². The monoisotopic (exact) mass is 207 g/mol. The maximum atomic E-state index is 8.76. The van der Waals surface area contributed by atoms with E-state index < -0.39 is 0 Å². The van der Waals surface area contributed by atoms with Gasteiger partial charge in [-0.05, 0) is 39.2 Å². The second-order valence-electron chi connectivity index (χ2n) is 4.93. The van der Waals surface area contributed by atoms with Crippen LogP contribution in [0, 0.1) is 11.3 Å². The molecule has 15 heavy (non-hydrogen) atoms. The quantitative estimate of drug-likeness (QED) is 0.742. The van der Waals surface area contributed by atoms with Gasteiger partial charge in [0.15, 0.2) is 0 Å². The highest BCUT2D eigenvalue weighted by Crippen LogP contribution is 2.30. The summed E-state index contributed by atoms with van der Waals surface area (Å²) < 4.78 is 0.